The van der Waals surface area contributed by atoms with Crippen LogP contribution in [0.3, 0.4) is 0 Å². The second kappa shape index (κ2) is 9.13. The summed E-state index contributed by atoms with van der Waals surface area (Å²) in [5, 5.41) is 7.51. The van der Waals surface area contributed by atoms with Gasteiger partial charge in [-0.2, -0.15) is 5.10 Å². The molecule has 0 spiro atoms. The average molecular weight is 431 g/mol. The third kappa shape index (κ3) is 4.30. The Kier molecular flexibility index (Phi) is 6.11. The van der Waals surface area contributed by atoms with Crippen LogP contribution in [0, 0.1) is 13.8 Å². The second-order valence-corrected chi connectivity index (χ2v) is 7.75. The first-order chi connectivity index (χ1) is 15.5. The van der Waals surface area contributed by atoms with E-state index in [2.05, 4.69) is 20.4 Å². The van der Waals surface area contributed by atoms with E-state index in [9.17, 15) is 9.59 Å². The summed E-state index contributed by atoms with van der Waals surface area (Å²) in [5.74, 6) is -0.134. The predicted molar refractivity (Wildman–Crippen MR) is 123 cm³/mol. The fourth-order valence-corrected chi connectivity index (χ4v) is 3.66. The molecule has 3 aromatic heterocycles. The highest BCUT2D eigenvalue weighted by Gasteiger charge is 2.19. The Morgan fingerprint density at radius 1 is 1.12 bits per heavy atom. The number of nitrogens with one attached hydrogen (secondary N) is 1. The van der Waals surface area contributed by atoms with Gasteiger partial charge >= 0.3 is 0 Å². The number of hydrogen-bond acceptors (Lipinski definition) is 5. The Morgan fingerprint density at radius 2 is 1.91 bits per heavy atom. The lowest BCUT2D eigenvalue weighted by Crippen LogP contribution is -2.28. The van der Waals surface area contributed by atoms with Gasteiger partial charge in [0.1, 0.15) is 11.2 Å². The summed E-state index contributed by atoms with van der Waals surface area (Å²) >= 11 is 0. The van der Waals surface area contributed by atoms with Gasteiger partial charge in [0.25, 0.3) is 5.56 Å². The lowest BCUT2D eigenvalue weighted by molar-refractivity contribution is -0.121. The van der Waals surface area contributed by atoms with E-state index < -0.39 is 0 Å². The van der Waals surface area contributed by atoms with Gasteiger partial charge in [-0.15, -0.1) is 0 Å². The number of amides is 1. The van der Waals surface area contributed by atoms with Crippen molar-refractivity contribution in [2.75, 3.05) is 0 Å². The molecule has 0 fully saturated rings. The predicted octanol–water partition coefficient (Wildman–Crippen LogP) is 2.86. The normalized spacial score (nSPS) is 11.1. The number of carbonyl (C=O) groups excluding carboxylic acids is 1. The molecule has 0 radical (unpaired) electrons. The Balaban J connectivity index is 1.60. The maximum Gasteiger partial charge on any atom is 0.273 e. The SMILES string of the molecule is CCn1c(=O)c(CCC(=O)NCc2cccnc2)nc2c(C)nn(-c3ccc(C)cc3)c21. The number of nitrogens with zero attached hydrogens (tertiary/aromatic N) is 5. The highest BCUT2D eigenvalue weighted by Crippen LogP contribution is 2.20. The second-order valence-electron chi connectivity index (χ2n) is 7.75. The molecule has 0 atom stereocenters. The van der Waals surface area contributed by atoms with Crippen molar-refractivity contribution in [2.45, 2.75) is 46.7 Å². The van der Waals surface area contributed by atoms with E-state index in [1.165, 1.54) is 0 Å². The first kappa shape index (κ1) is 21.4. The topological polar surface area (TPSA) is 94.7 Å². The van der Waals surface area contributed by atoms with E-state index in [-0.39, 0.29) is 24.3 Å². The van der Waals surface area contributed by atoms with Gasteiger partial charge < -0.3 is 5.32 Å². The summed E-state index contributed by atoms with van der Waals surface area (Å²) < 4.78 is 3.46. The third-order valence-electron chi connectivity index (χ3n) is 5.40. The van der Waals surface area contributed by atoms with Gasteiger partial charge in [0, 0.05) is 38.3 Å². The number of hydrogen-bond donors (Lipinski definition) is 1. The lowest BCUT2D eigenvalue weighted by atomic mass is 10.2. The van der Waals surface area contributed by atoms with Gasteiger partial charge in [-0.25, -0.2) is 9.67 Å². The minimum Gasteiger partial charge on any atom is -0.352 e. The lowest BCUT2D eigenvalue weighted by Gasteiger charge is -2.11. The Morgan fingerprint density at radius 3 is 2.59 bits per heavy atom. The molecule has 164 valence electrons. The van der Waals surface area contributed by atoms with Crippen molar-refractivity contribution >= 4 is 17.1 Å². The van der Waals surface area contributed by atoms with E-state index >= 15 is 0 Å². The molecule has 0 unspecified atom stereocenters. The van der Waals surface area contributed by atoms with Crippen LogP contribution >= 0.6 is 0 Å². The summed E-state index contributed by atoms with van der Waals surface area (Å²) in [7, 11) is 0. The van der Waals surface area contributed by atoms with Crippen LogP contribution in [0.15, 0.2) is 53.6 Å². The van der Waals surface area contributed by atoms with Crippen LogP contribution in [0.5, 0.6) is 0 Å². The Labute approximate surface area is 185 Å². The van der Waals surface area contributed by atoms with Crippen molar-refractivity contribution in [1.82, 2.24) is 29.6 Å². The van der Waals surface area contributed by atoms with Crippen LogP contribution in [0.4, 0.5) is 0 Å². The first-order valence-corrected chi connectivity index (χ1v) is 10.7. The maximum atomic E-state index is 13.2. The standard InChI is InChI=1S/C24H26N6O2/c1-4-29-23-22(17(3)28-30(23)19-9-7-16(2)8-10-19)27-20(24(29)32)11-12-21(31)26-15-18-6-5-13-25-14-18/h5-10,13-14H,4,11-12,15H2,1-3H3,(H,26,31). The number of pyridine rings is 1. The molecule has 0 saturated carbocycles. The third-order valence-corrected chi connectivity index (χ3v) is 5.40. The molecule has 1 amide bonds. The summed E-state index contributed by atoms with van der Waals surface area (Å²) in [5.41, 5.74) is 5.23. The van der Waals surface area contributed by atoms with E-state index in [1.807, 2.05) is 57.2 Å². The molecule has 0 saturated heterocycles. The zero-order valence-electron chi connectivity index (χ0n) is 18.5. The van der Waals surface area contributed by atoms with Crippen molar-refractivity contribution < 1.29 is 4.79 Å². The van der Waals surface area contributed by atoms with Crippen LogP contribution in [0.25, 0.3) is 16.9 Å². The van der Waals surface area contributed by atoms with Gasteiger partial charge in [0.2, 0.25) is 5.91 Å². The molecule has 0 aliphatic heterocycles. The van der Waals surface area contributed by atoms with E-state index in [0.717, 1.165) is 22.5 Å². The molecule has 8 heteroatoms. The zero-order valence-corrected chi connectivity index (χ0v) is 18.5. The van der Waals surface area contributed by atoms with E-state index in [0.29, 0.717) is 29.9 Å². The number of aromatic nitrogens is 5. The van der Waals surface area contributed by atoms with E-state index in [4.69, 9.17) is 0 Å². The number of rotatable bonds is 7. The Bertz CT molecular complexity index is 1310. The number of benzene rings is 1. The van der Waals surface area contributed by atoms with Crippen molar-refractivity contribution in [3.05, 3.63) is 81.7 Å². The van der Waals surface area contributed by atoms with Gasteiger partial charge in [-0.3, -0.25) is 19.1 Å². The van der Waals surface area contributed by atoms with Gasteiger partial charge in [0.15, 0.2) is 5.65 Å². The highest BCUT2D eigenvalue weighted by molar-refractivity contribution is 5.77. The molecule has 4 rings (SSSR count). The van der Waals surface area contributed by atoms with Crippen molar-refractivity contribution in [3.8, 4) is 5.69 Å². The molecular formula is C24H26N6O2. The van der Waals surface area contributed by atoms with Gasteiger partial charge in [-0.05, 0) is 44.5 Å². The minimum atomic E-state index is -0.187. The first-order valence-electron chi connectivity index (χ1n) is 10.7. The molecule has 1 N–H and O–H groups in total. The van der Waals surface area contributed by atoms with E-state index in [1.54, 1.807) is 21.6 Å². The maximum absolute atomic E-state index is 13.2. The molecule has 0 bridgehead atoms. The molecule has 3 heterocycles. The minimum absolute atomic E-state index is 0.134. The summed E-state index contributed by atoms with van der Waals surface area (Å²) in [6.07, 6.45) is 3.85. The van der Waals surface area contributed by atoms with Crippen LogP contribution in [0.2, 0.25) is 0 Å². The molecule has 0 aliphatic rings. The highest BCUT2D eigenvalue weighted by atomic mass is 16.1. The molecule has 32 heavy (non-hydrogen) atoms. The zero-order chi connectivity index (χ0) is 22.7. The molecule has 4 aromatic rings. The van der Waals surface area contributed by atoms with Crippen LogP contribution in [-0.2, 0) is 24.3 Å². The smallest absolute Gasteiger partial charge is 0.273 e. The van der Waals surface area contributed by atoms with Crippen molar-refractivity contribution in [2.24, 2.45) is 0 Å². The van der Waals surface area contributed by atoms with Crippen molar-refractivity contribution in [3.63, 3.8) is 0 Å². The summed E-state index contributed by atoms with van der Waals surface area (Å²) in [6.45, 7) is 6.72. The quantitative estimate of drug-likeness (QED) is 0.487. The number of carbonyl (C=O) groups is 1. The average Bonchev–Trinajstić information content (AvgIpc) is 3.13. The van der Waals surface area contributed by atoms with Crippen molar-refractivity contribution in [1.29, 1.82) is 0 Å². The van der Waals surface area contributed by atoms with Crippen LogP contribution in [-0.4, -0.2) is 30.2 Å². The summed E-state index contributed by atoms with van der Waals surface area (Å²) in [4.78, 5) is 34.2. The molecule has 0 aliphatic carbocycles. The fraction of sp³-hybridized carbons (Fsp3) is 0.292. The summed E-state index contributed by atoms with van der Waals surface area (Å²) in [6, 6.07) is 11.7. The molecule has 8 nitrogen and oxygen atoms in total. The number of aryl methyl sites for hydroxylation is 4. The monoisotopic (exact) mass is 430 g/mol. The fourth-order valence-electron chi connectivity index (χ4n) is 3.66. The Hall–Kier alpha value is -3.81. The van der Waals surface area contributed by atoms with Gasteiger partial charge in [-0.1, -0.05) is 23.8 Å². The van der Waals surface area contributed by atoms with Gasteiger partial charge in [0.05, 0.1) is 11.4 Å². The largest absolute Gasteiger partial charge is 0.352 e. The van der Waals surface area contributed by atoms with Crippen LogP contribution in [0.1, 0.15) is 35.9 Å². The number of fused-ring (bicyclic) bond motifs is 1. The van der Waals surface area contributed by atoms with Crippen LogP contribution < -0.4 is 10.9 Å². The molecular weight excluding hydrogens is 404 g/mol. The molecule has 1 aromatic carbocycles.